The molecule has 2 aromatic carbocycles. The van der Waals surface area contributed by atoms with E-state index in [0.29, 0.717) is 39.3 Å². The highest BCUT2D eigenvalue weighted by Crippen LogP contribution is 2.28. The van der Waals surface area contributed by atoms with Gasteiger partial charge in [0, 0.05) is 22.9 Å². The Balaban J connectivity index is 1.44. The summed E-state index contributed by atoms with van der Waals surface area (Å²) >= 11 is 7.48. The van der Waals surface area contributed by atoms with Crippen molar-refractivity contribution >= 4 is 34.3 Å². The second kappa shape index (κ2) is 9.10. The molecule has 0 radical (unpaired) electrons. The molecular formula is C24H22ClN3O3S. The van der Waals surface area contributed by atoms with Gasteiger partial charge in [0.25, 0.3) is 5.56 Å². The fourth-order valence-corrected chi connectivity index (χ4v) is 4.96. The second-order valence-electron chi connectivity index (χ2n) is 7.78. The van der Waals surface area contributed by atoms with E-state index in [2.05, 4.69) is 4.98 Å². The molecule has 0 N–H and O–H groups in total. The normalized spacial score (nSPS) is 16.1. The van der Waals surface area contributed by atoms with Crippen LogP contribution >= 0.6 is 23.4 Å². The van der Waals surface area contributed by atoms with Crippen molar-refractivity contribution in [2.45, 2.75) is 43.3 Å². The Hall–Kier alpha value is -2.61. The lowest BCUT2D eigenvalue weighted by molar-refractivity contribution is 0.0937. The van der Waals surface area contributed by atoms with Crippen molar-refractivity contribution < 1.29 is 9.15 Å². The third kappa shape index (κ3) is 4.33. The van der Waals surface area contributed by atoms with E-state index >= 15 is 0 Å². The lowest BCUT2D eigenvalue weighted by Gasteiger charge is -2.16. The minimum Gasteiger partial charge on any atom is -0.441 e. The molecule has 1 fully saturated rings. The molecule has 6 nitrogen and oxygen atoms in total. The van der Waals surface area contributed by atoms with Gasteiger partial charge in [0.2, 0.25) is 5.89 Å². The van der Waals surface area contributed by atoms with Crippen molar-refractivity contribution in [1.82, 2.24) is 14.5 Å². The van der Waals surface area contributed by atoms with Crippen LogP contribution < -0.4 is 5.56 Å². The zero-order valence-corrected chi connectivity index (χ0v) is 19.2. The third-order valence-electron chi connectivity index (χ3n) is 5.56. The van der Waals surface area contributed by atoms with Gasteiger partial charge in [-0.2, -0.15) is 0 Å². The van der Waals surface area contributed by atoms with Crippen LogP contribution in [0.15, 0.2) is 62.9 Å². The summed E-state index contributed by atoms with van der Waals surface area (Å²) in [7, 11) is 0. The van der Waals surface area contributed by atoms with E-state index in [1.165, 1.54) is 11.8 Å². The van der Waals surface area contributed by atoms with Gasteiger partial charge >= 0.3 is 0 Å². The van der Waals surface area contributed by atoms with Gasteiger partial charge < -0.3 is 9.15 Å². The summed E-state index contributed by atoms with van der Waals surface area (Å²) < 4.78 is 13.4. The van der Waals surface area contributed by atoms with Gasteiger partial charge in [-0.3, -0.25) is 9.36 Å². The first kappa shape index (κ1) is 21.2. The number of aromatic nitrogens is 3. The third-order valence-corrected chi connectivity index (χ3v) is 6.80. The molecule has 1 saturated heterocycles. The minimum absolute atomic E-state index is 0.0349. The summed E-state index contributed by atoms with van der Waals surface area (Å²) in [6.07, 6.45) is 2.02. The van der Waals surface area contributed by atoms with E-state index in [0.717, 1.165) is 36.5 Å². The summed E-state index contributed by atoms with van der Waals surface area (Å²) in [5.74, 6) is 1.84. The van der Waals surface area contributed by atoms with Crippen LogP contribution in [0.25, 0.3) is 22.4 Å². The van der Waals surface area contributed by atoms with E-state index in [1.807, 2.05) is 55.5 Å². The fraction of sp³-hybridized carbons (Fsp3) is 0.292. The number of rotatable bonds is 6. The molecule has 0 aliphatic carbocycles. The lowest BCUT2D eigenvalue weighted by atomic mass is 10.2. The summed E-state index contributed by atoms with van der Waals surface area (Å²) in [4.78, 5) is 22.7. The molecule has 32 heavy (non-hydrogen) atoms. The maximum Gasteiger partial charge on any atom is 0.262 e. The molecule has 0 bridgehead atoms. The van der Waals surface area contributed by atoms with Crippen molar-refractivity contribution in [3.63, 3.8) is 0 Å². The smallest absolute Gasteiger partial charge is 0.262 e. The SMILES string of the molecule is Cc1oc(-c2ccc(Cl)cc2)nc1CSc1nc2ccccc2c(=O)n1C[C@@H]1CCCO1. The number of fused-ring (bicyclic) bond motifs is 1. The molecule has 164 valence electrons. The summed E-state index contributed by atoms with van der Waals surface area (Å²) in [6, 6.07) is 14.9. The fourth-order valence-electron chi connectivity index (χ4n) is 3.82. The number of benzene rings is 2. The van der Waals surface area contributed by atoms with Gasteiger partial charge in [-0.25, -0.2) is 9.97 Å². The average molecular weight is 468 g/mol. The summed E-state index contributed by atoms with van der Waals surface area (Å²) in [5, 5.41) is 1.96. The Morgan fingerprint density at radius 2 is 1.97 bits per heavy atom. The molecule has 1 atom stereocenters. The monoisotopic (exact) mass is 467 g/mol. The average Bonchev–Trinajstić information content (AvgIpc) is 3.45. The van der Waals surface area contributed by atoms with E-state index in [-0.39, 0.29) is 11.7 Å². The van der Waals surface area contributed by atoms with Crippen molar-refractivity contribution in [3.05, 3.63) is 75.4 Å². The van der Waals surface area contributed by atoms with E-state index < -0.39 is 0 Å². The second-order valence-corrected chi connectivity index (χ2v) is 9.16. The van der Waals surface area contributed by atoms with Crippen molar-refractivity contribution in [3.8, 4) is 11.5 Å². The largest absolute Gasteiger partial charge is 0.441 e. The molecule has 4 aromatic rings. The highest BCUT2D eigenvalue weighted by molar-refractivity contribution is 7.98. The summed E-state index contributed by atoms with van der Waals surface area (Å²) in [5.41, 5.74) is 2.36. The van der Waals surface area contributed by atoms with Gasteiger partial charge in [0.05, 0.1) is 29.2 Å². The van der Waals surface area contributed by atoms with E-state index in [9.17, 15) is 4.79 Å². The van der Waals surface area contributed by atoms with Crippen molar-refractivity contribution in [2.24, 2.45) is 0 Å². The number of hydrogen-bond donors (Lipinski definition) is 0. The maximum absolute atomic E-state index is 13.2. The zero-order valence-electron chi connectivity index (χ0n) is 17.6. The molecule has 2 aromatic heterocycles. The Labute approximate surface area is 194 Å². The Morgan fingerprint density at radius 3 is 2.75 bits per heavy atom. The number of para-hydroxylation sites is 1. The first-order valence-electron chi connectivity index (χ1n) is 10.5. The molecule has 1 aliphatic heterocycles. The first-order valence-corrected chi connectivity index (χ1v) is 11.9. The molecule has 0 unspecified atom stereocenters. The van der Waals surface area contributed by atoms with Gasteiger partial charge in [0.15, 0.2) is 5.16 Å². The molecular weight excluding hydrogens is 446 g/mol. The molecule has 8 heteroatoms. The Morgan fingerprint density at radius 1 is 1.16 bits per heavy atom. The molecule has 0 spiro atoms. The highest BCUT2D eigenvalue weighted by Gasteiger charge is 2.21. The Bertz CT molecular complexity index is 1310. The van der Waals surface area contributed by atoms with Crippen LogP contribution in [0.2, 0.25) is 5.02 Å². The molecule has 1 aliphatic rings. The zero-order chi connectivity index (χ0) is 22.1. The van der Waals surface area contributed by atoms with Gasteiger partial charge in [-0.15, -0.1) is 0 Å². The lowest BCUT2D eigenvalue weighted by Crippen LogP contribution is -2.28. The van der Waals surface area contributed by atoms with Crippen LogP contribution in [0, 0.1) is 6.92 Å². The number of halogens is 1. The van der Waals surface area contributed by atoms with Crippen LogP contribution in [0.5, 0.6) is 0 Å². The van der Waals surface area contributed by atoms with Crippen molar-refractivity contribution in [1.29, 1.82) is 0 Å². The Kier molecular flexibility index (Phi) is 6.04. The van der Waals surface area contributed by atoms with Gasteiger partial charge in [0.1, 0.15) is 5.76 Å². The first-order chi connectivity index (χ1) is 15.6. The van der Waals surface area contributed by atoms with E-state index in [1.54, 1.807) is 4.57 Å². The number of oxazole rings is 1. The van der Waals surface area contributed by atoms with Gasteiger partial charge in [-0.05, 0) is 56.2 Å². The van der Waals surface area contributed by atoms with Crippen LogP contribution in [0.4, 0.5) is 0 Å². The number of hydrogen-bond acceptors (Lipinski definition) is 6. The van der Waals surface area contributed by atoms with Gasteiger partial charge in [-0.1, -0.05) is 35.5 Å². The van der Waals surface area contributed by atoms with Crippen LogP contribution in [0.1, 0.15) is 24.3 Å². The predicted molar refractivity (Wildman–Crippen MR) is 126 cm³/mol. The number of nitrogens with zero attached hydrogens (tertiary/aromatic N) is 3. The molecule has 3 heterocycles. The number of aryl methyl sites for hydroxylation is 1. The number of thioether (sulfide) groups is 1. The summed E-state index contributed by atoms with van der Waals surface area (Å²) in [6.45, 7) is 3.15. The molecule has 0 amide bonds. The quantitative estimate of drug-likeness (QED) is 0.276. The maximum atomic E-state index is 13.2. The van der Waals surface area contributed by atoms with Crippen LogP contribution in [-0.4, -0.2) is 27.2 Å². The number of ether oxygens (including phenoxy) is 1. The predicted octanol–water partition coefficient (Wildman–Crippen LogP) is 5.48. The molecule has 5 rings (SSSR count). The van der Waals surface area contributed by atoms with E-state index in [4.69, 9.17) is 25.7 Å². The van der Waals surface area contributed by atoms with Crippen LogP contribution in [-0.2, 0) is 17.0 Å². The molecule has 0 saturated carbocycles. The van der Waals surface area contributed by atoms with Crippen LogP contribution in [0.3, 0.4) is 0 Å². The topological polar surface area (TPSA) is 70.2 Å². The van der Waals surface area contributed by atoms with Crippen molar-refractivity contribution in [2.75, 3.05) is 6.61 Å². The minimum atomic E-state index is -0.0349. The standard InChI is InChI=1S/C24H22ClN3O3S/c1-15-21(26-22(31-15)16-8-10-17(25)11-9-16)14-32-24-27-20-7-3-2-6-19(20)23(29)28(24)13-18-5-4-12-30-18/h2-3,6-11,18H,4-5,12-14H2,1H3/t18-/m0/s1. The highest BCUT2D eigenvalue weighted by atomic mass is 35.5.